The van der Waals surface area contributed by atoms with Gasteiger partial charge in [0, 0.05) is 25.8 Å². The van der Waals surface area contributed by atoms with Crippen molar-refractivity contribution in [3.05, 3.63) is 58.9 Å². The number of benzene rings is 1. The molecule has 1 unspecified atom stereocenters. The van der Waals surface area contributed by atoms with Crippen molar-refractivity contribution < 1.29 is 26.4 Å². The SMILES string of the molecule is Cc1nccc2c1C(=O)N1CCN(S(=O)(=O)c3ccc(C(F)(F)F)cc3)CC21C. The second kappa shape index (κ2) is 6.27. The number of pyridine rings is 1. The largest absolute Gasteiger partial charge is 0.416 e. The van der Waals surface area contributed by atoms with E-state index in [0.29, 0.717) is 16.8 Å². The maximum absolute atomic E-state index is 13.1. The Bertz CT molecular complexity index is 1100. The number of nitrogens with zero attached hydrogens (tertiary/aromatic N) is 3. The molecule has 0 spiro atoms. The molecule has 0 N–H and O–H groups in total. The van der Waals surface area contributed by atoms with Gasteiger partial charge < -0.3 is 4.90 Å². The van der Waals surface area contributed by atoms with E-state index >= 15 is 0 Å². The van der Waals surface area contributed by atoms with Gasteiger partial charge in [-0.15, -0.1) is 0 Å². The summed E-state index contributed by atoms with van der Waals surface area (Å²) in [5.74, 6) is -0.181. The Morgan fingerprint density at radius 3 is 2.38 bits per heavy atom. The van der Waals surface area contributed by atoms with Crippen LogP contribution in [0.5, 0.6) is 0 Å². The van der Waals surface area contributed by atoms with Crippen LogP contribution in [0.3, 0.4) is 0 Å². The zero-order valence-corrected chi connectivity index (χ0v) is 16.5. The fourth-order valence-electron chi connectivity index (χ4n) is 4.11. The number of aromatic nitrogens is 1. The standard InChI is InChI=1S/C19H18F3N3O3S/c1-12-16-15(7-8-23-12)18(2)11-24(9-10-25(18)17(16)26)29(27,28)14-5-3-13(4-6-14)19(20,21)22/h3-8H,9-11H2,1-2H3. The van der Waals surface area contributed by atoms with Gasteiger partial charge in [-0.25, -0.2) is 8.42 Å². The predicted octanol–water partition coefficient (Wildman–Crippen LogP) is 2.78. The molecule has 1 aromatic heterocycles. The molecule has 1 saturated heterocycles. The van der Waals surface area contributed by atoms with Gasteiger partial charge in [-0.3, -0.25) is 9.78 Å². The van der Waals surface area contributed by atoms with Crippen molar-refractivity contribution in [2.24, 2.45) is 0 Å². The number of hydrogen-bond acceptors (Lipinski definition) is 4. The van der Waals surface area contributed by atoms with E-state index in [9.17, 15) is 26.4 Å². The Hall–Kier alpha value is -2.46. The lowest BCUT2D eigenvalue weighted by molar-refractivity contribution is -0.137. The second-order valence-corrected chi connectivity index (χ2v) is 9.35. The van der Waals surface area contributed by atoms with Crippen molar-refractivity contribution in [1.29, 1.82) is 0 Å². The van der Waals surface area contributed by atoms with E-state index in [1.165, 1.54) is 4.31 Å². The monoisotopic (exact) mass is 425 g/mol. The molecule has 0 radical (unpaired) electrons. The summed E-state index contributed by atoms with van der Waals surface area (Å²) in [6.45, 7) is 3.78. The van der Waals surface area contributed by atoms with Crippen molar-refractivity contribution in [2.45, 2.75) is 30.5 Å². The number of fused-ring (bicyclic) bond motifs is 3. The molecule has 3 heterocycles. The van der Waals surface area contributed by atoms with Crippen LogP contribution in [0.15, 0.2) is 41.4 Å². The van der Waals surface area contributed by atoms with Crippen LogP contribution in [0.25, 0.3) is 0 Å². The second-order valence-electron chi connectivity index (χ2n) is 7.41. The molecule has 2 aliphatic heterocycles. The lowest BCUT2D eigenvalue weighted by Gasteiger charge is -2.44. The highest BCUT2D eigenvalue weighted by Crippen LogP contribution is 2.43. The fraction of sp³-hybridized carbons (Fsp3) is 0.368. The molecule has 4 rings (SSSR count). The number of hydrogen-bond donors (Lipinski definition) is 0. The molecule has 0 saturated carbocycles. The highest BCUT2D eigenvalue weighted by molar-refractivity contribution is 7.89. The first-order valence-corrected chi connectivity index (χ1v) is 10.4. The van der Waals surface area contributed by atoms with E-state index in [4.69, 9.17) is 0 Å². The molecule has 10 heteroatoms. The third-order valence-electron chi connectivity index (χ3n) is 5.65. The van der Waals surface area contributed by atoms with Gasteiger partial charge in [0.1, 0.15) is 0 Å². The van der Waals surface area contributed by atoms with Crippen LogP contribution in [-0.4, -0.2) is 48.1 Å². The van der Waals surface area contributed by atoms with Crippen molar-refractivity contribution >= 4 is 15.9 Å². The van der Waals surface area contributed by atoms with Crippen LogP contribution in [0.2, 0.25) is 0 Å². The summed E-state index contributed by atoms with van der Waals surface area (Å²) in [5, 5.41) is 0. The minimum atomic E-state index is -4.54. The lowest BCUT2D eigenvalue weighted by atomic mass is 9.90. The number of alkyl halides is 3. The van der Waals surface area contributed by atoms with Gasteiger partial charge in [-0.05, 0) is 49.7 Å². The molecule has 0 aliphatic carbocycles. The van der Waals surface area contributed by atoms with E-state index in [-0.39, 0.29) is 30.4 Å². The van der Waals surface area contributed by atoms with Gasteiger partial charge in [-0.1, -0.05) is 0 Å². The van der Waals surface area contributed by atoms with Crippen molar-refractivity contribution in [2.75, 3.05) is 19.6 Å². The summed E-state index contributed by atoms with van der Waals surface area (Å²) in [5.41, 5.74) is 0.00931. The van der Waals surface area contributed by atoms with Gasteiger partial charge in [0.2, 0.25) is 10.0 Å². The maximum Gasteiger partial charge on any atom is 0.416 e. The minimum Gasteiger partial charge on any atom is -0.326 e. The van der Waals surface area contributed by atoms with E-state index < -0.39 is 27.3 Å². The molecule has 6 nitrogen and oxygen atoms in total. The molecule has 0 bridgehead atoms. The fourth-order valence-corrected chi connectivity index (χ4v) is 5.63. The van der Waals surface area contributed by atoms with Gasteiger partial charge in [0.25, 0.3) is 5.91 Å². The molecule has 1 atom stereocenters. The topological polar surface area (TPSA) is 70.6 Å². The van der Waals surface area contributed by atoms with Crippen LogP contribution in [0, 0.1) is 6.92 Å². The van der Waals surface area contributed by atoms with Gasteiger partial charge >= 0.3 is 6.18 Å². The molecule has 2 aliphatic rings. The van der Waals surface area contributed by atoms with Crippen LogP contribution < -0.4 is 0 Å². The number of aryl methyl sites for hydroxylation is 1. The normalized spacial score (nSPS) is 22.5. The van der Waals surface area contributed by atoms with E-state index in [0.717, 1.165) is 24.3 Å². The summed E-state index contributed by atoms with van der Waals surface area (Å²) in [7, 11) is -4.02. The van der Waals surface area contributed by atoms with Gasteiger partial charge in [0.15, 0.2) is 0 Å². The van der Waals surface area contributed by atoms with Gasteiger partial charge in [0.05, 0.1) is 27.3 Å². The highest BCUT2D eigenvalue weighted by Gasteiger charge is 2.52. The molecule has 154 valence electrons. The van der Waals surface area contributed by atoms with Crippen molar-refractivity contribution in [3.63, 3.8) is 0 Å². The number of sulfonamides is 1. The molecule has 1 amide bonds. The van der Waals surface area contributed by atoms with Crippen molar-refractivity contribution in [1.82, 2.24) is 14.2 Å². The number of carbonyl (C=O) groups excluding carboxylic acids is 1. The number of halogens is 3. The number of carbonyl (C=O) groups is 1. The third-order valence-corrected chi connectivity index (χ3v) is 7.51. The van der Waals surface area contributed by atoms with E-state index in [1.54, 1.807) is 31.0 Å². The Morgan fingerprint density at radius 1 is 1.10 bits per heavy atom. The van der Waals surface area contributed by atoms with Crippen LogP contribution >= 0.6 is 0 Å². The smallest absolute Gasteiger partial charge is 0.326 e. The predicted molar refractivity (Wildman–Crippen MR) is 97.6 cm³/mol. The number of rotatable bonds is 2. The highest BCUT2D eigenvalue weighted by atomic mass is 32.2. The third kappa shape index (κ3) is 2.93. The Balaban J connectivity index is 1.69. The number of amides is 1. The zero-order valence-electron chi connectivity index (χ0n) is 15.7. The first kappa shape index (κ1) is 19.8. The van der Waals surface area contributed by atoms with Crippen LogP contribution in [0.4, 0.5) is 13.2 Å². The molecule has 1 aromatic carbocycles. The zero-order chi connectivity index (χ0) is 21.2. The van der Waals surface area contributed by atoms with Gasteiger partial charge in [-0.2, -0.15) is 17.5 Å². The molecular weight excluding hydrogens is 407 g/mol. The van der Waals surface area contributed by atoms with Crippen molar-refractivity contribution in [3.8, 4) is 0 Å². The Morgan fingerprint density at radius 2 is 1.76 bits per heavy atom. The molecule has 29 heavy (non-hydrogen) atoms. The number of piperazine rings is 1. The summed E-state index contributed by atoms with van der Waals surface area (Å²) in [6.07, 6.45) is -2.96. The lowest BCUT2D eigenvalue weighted by Crippen LogP contribution is -2.58. The summed E-state index contributed by atoms with van der Waals surface area (Å²) in [4.78, 5) is 18.4. The average Bonchev–Trinajstić information content (AvgIpc) is 2.89. The molecule has 2 aromatic rings. The van der Waals surface area contributed by atoms with E-state index in [1.807, 2.05) is 0 Å². The Labute approximate surface area is 166 Å². The quantitative estimate of drug-likeness (QED) is 0.742. The van der Waals surface area contributed by atoms with Crippen LogP contribution in [-0.2, 0) is 21.7 Å². The van der Waals surface area contributed by atoms with E-state index in [2.05, 4.69) is 4.98 Å². The molecular formula is C19H18F3N3O3S. The molecule has 1 fully saturated rings. The maximum atomic E-state index is 13.1. The summed E-state index contributed by atoms with van der Waals surface area (Å²) in [6, 6.07) is 5.17. The summed E-state index contributed by atoms with van der Waals surface area (Å²) >= 11 is 0. The first-order chi connectivity index (χ1) is 13.5. The minimum absolute atomic E-state index is 0.0124. The first-order valence-electron chi connectivity index (χ1n) is 8.92. The Kier molecular flexibility index (Phi) is 4.29. The summed E-state index contributed by atoms with van der Waals surface area (Å²) < 4.78 is 65.7. The van der Waals surface area contributed by atoms with Crippen LogP contribution in [0.1, 0.15) is 34.1 Å². The average molecular weight is 425 g/mol.